The van der Waals surface area contributed by atoms with Crippen molar-refractivity contribution in [2.45, 2.75) is 70.6 Å². The number of aliphatic hydroxyl groups excluding tert-OH is 2. The molecule has 1 fully saturated rings. The summed E-state index contributed by atoms with van der Waals surface area (Å²) in [6, 6.07) is 0. The van der Waals surface area contributed by atoms with Crippen LogP contribution < -0.4 is 0 Å². The first-order chi connectivity index (χ1) is 8.73. The highest BCUT2D eigenvalue weighted by molar-refractivity contribution is 5.73. The predicted octanol–water partition coefficient (Wildman–Crippen LogP) is -0.264. The van der Waals surface area contributed by atoms with E-state index >= 15 is 0 Å². The molecule has 2 unspecified atom stereocenters. The van der Waals surface area contributed by atoms with Gasteiger partial charge in [-0.25, -0.2) is 4.79 Å². The molecule has 0 bridgehead atoms. The van der Waals surface area contributed by atoms with Crippen molar-refractivity contribution in [3.63, 3.8) is 0 Å². The van der Waals surface area contributed by atoms with E-state index in [9.17, 15) is 15.0 Å². The second-order valence-electron chi connectivity index (χ2n) is 5.08. The van der Waals surface area contributed by atoms with Gasteiger partial charge in [0, 0.05) is 0 Å². The van der Waals surface area contributed by atoms with Crippen LogP contribution in [-0.4, -0.2) is 64.2 Å². The molecule has 1 rings (SSSR count). The monoisotopic (exact) mass is 278 g/mol. The molecule has 1 heterocycles. The van der Waals surface area contributed by atoms with Crippen LogP contribution in [0.15, 0.2) is 0 Å². The third kappa shape index (κ3) is 4.12. The molecule has 0 amide bonds. The number of carboxylic acid groups (broad SMARTS) is 1. The number of aliphatic hydroxyl groups is 2. The van der Waals surface area contributed by atoms with Crippen molar-refractivity contribution >= 4 is 5.97 Å². The average molecular weight is 278 g/mol. The van der Waals surface area contributed by atoms with E-state index in [1.807, 2.05) is 0 Å². The Morgan fingerprint density at radius 2 is 1.58 bits per heavy atom. The molecule has 1 aliphatic rings. The molecule has 1 saturated heterocycles. The van der Waals surface area contributed by atoms with E-state index in [2.05, 4.69) is 0 Å². The normalized spacial score (nSPS) is 35.9. The molecule has 5 atom stereocenters. The zero-order chi connectivity index (χ0) is 14.7. The highest BCUT2D eigenvalue weighted by Crippen LogP contribution is 2.26. The molecule has 0 radical (unpaired) electrons. The summed E-state index contributed by atoms with van der Waals surface area (Å²) in [5.41, 5.74) is 0. The van der Waals surface area contributed by atoms with Gasteiger partial charge in [-0.2, -0.15) is 0 Å². The van der Waals surface area contributed by atoms with Gasteiger partial charge in [-0.3, -0.25) is 0 Å². The Kier molecular flexibility index (Phi) is 5.69. The predicted molar refractivity (Wildman–Crippen MR) is 64.5 cm³/mol. The minimum atomic E-state index is -1.39. The lowest BCUT2D eigenvalue weighted by Gasteiger charge is -2.41. The molecule has 7 heteroatoms. The molecule has 0 saturated carbocycles. The van der Waals surface area contributed by atoms with Gasteiger partial charge in [-0.1, -0.05) is 0 Å². The van der Waals surface area contributed by atoms with Crippen molar-refractivity contribution in [1.29, 1.82) is 0 Å². The van der Waals surface area contributed by atoms with Gasteiger partial charge < -0.3 is 29.5 Å². The average Bonchev–Trinajstić information content (AvgIpc) is 2.27. The van der Waals surface area contributed by atoms with Crippen LogP contribution in [-0.2, 0) is 19.0 Å². The fraction of sp³-hybridized carbons (Fsp3) is 0.917. The van der Waals surface area contributed by atoms with Crippen LogP contribution in [0.5, 0.6) is 0 Å². The van der Waals surface area contributed by atoms with E-state index in [4.69, 9.17) is 19.3 Å². The summed E-state index contributed by atoms with van der Waals surface area (Å²) in [7, 11) is 0. The number of aliphatic carboxylic acids is 1. The number of rotatable bonds is 5. The maximum atomic E-state index is 11.2. The maximum Gasteiger partial charge on any atom is 0.335 e. The van der Waals surface area contributed by atoms with Crippen molar-refractivity contribution in [2.75, 3.05) is 0 Å². The molecule has 112 valence electrons. The largest absolute Gasteiger partial charge is 0.479 e. The second kappa shape index (κ2) is 6.62. The van der Waals surface area contributed by atoms with Gasteiger partial charge >= 0.3 is 5.97 Å². The van der Waals surface area contributed by atoms with Crippen LogP contribution in [0.4, 0.5) is 0 Å². The highest BCUT2D eigenvalue weighted by Gasteiger charge is 2.49. The lowest BCUT2D eigenvalue weighted by Crippen LogP contribution is -2.61. The van der Waals surface area contributed by atoms with Gasteiger partial charge in [-0.05, 0) is 27.7 Å². The number of hydrogen-bond acceptors (Lipinski definition) is 6. The standard InChI is InChI=1S/C12H22O7/c1-5(2)17-9-7(13)8(14)12(18-6(3)4)19-10(9)11(15)16/h5-10,12-14H,1-4H3,(H,15,16)/t7-,8+,9+,10?,12?/m1/s1. The molecule has 3 N–H and O–H groups in total. The van der Waals surface area contributed by atoms with Crippen molar-refractivity contribution in [2.24, 2.45) is 0 Å². The molecule has 0 aromatic carbocycles. The van der Waals surface area contributed by atoms with Crippen LogP contribution in [0.2, 0.25) is 0 Å². The number of hydrogen-bond donors (Lipinski definition) is 3. The van der Waals surface area contributed by atoms with Gasteiger partial charge in [0.2, 0.25) is 0 Å². The van der Waals surface area contributed by atoms with E-state index in [0.717, 1.165) is 0 Å². The van der Waals surface area contributed by atoms with Crippen LogP contribution >= 0.6 is 0 Å². The first-order valence-electron chi connectivity index (χ1n) is 6.29. The lowest BCUT2D eigenvalue weighted by atomic mass is 9.98. The van der Waals surface area contributed by atoms with Crippen molar-refractivity contribution in [3.8, 4) is 0 Å². The summed E-state index contributed by atoms with van der Waals surface area (Å²) in [6.07, 6.45) is -7.04. The molecule has 0 aliphatic carbocycles. The minimum absolute atomic E-state index is 0.274. The quantitative estimate of drug-likeness (QED) is 0.636. The first-order valence-corrected chi connectivity index (χ1v) is 6.29. The SMILES string of the molecule is CC(C)OC1OC(C(=O)O)[C@@H](OC(C)C)[C@H](O)[C@@H]1O. The number of carbonyl (C=O) groups is 1. The van der Waals surface area contributed by atoms with Gasteiger partial charge in [0.1, 0.15) is 18.3 Å². The number of ether oxygens (including phenoxy) is 3. The Labute approximate surface area is 112 Å². The Morgan fingerprint density at radius 1 is 1.05 bits per heavy atom. The fourth-order valence-corrected chi connectivity index (χ4v) is 1.88. The van der Waals surface area contributed by atoms with E-state index in [0.29, 0.717) is 0 Å². The van der Waals surface area contributed by atoms with Crippen LogP contribution in [0, 0.1) is 0 Å². The zero-order valence-corrected chi connectivity index (χ0v) is 11.5. The second-order valence-corrected chi connectivity index (χ2v) is 5.08. The summed E-state index contributed by atoms with van der Waals surface area (Å²) in [5, 5.41) is 29.0. The summed E-state index contributed by atoms with van der Waals surface area (Å²) >= 11 is 0. The van der Waals surface area contributed by atoms with E-state index < -0.39 is 36.7 Å². The Morgan fingerprint density at radius 3 is 2.00 bits per heavy atom. The molecular weight excluding hydrogens is 256 g/mol. The molecule has 1 aliphatic heterocycles. The fourth-order valence-electron chi connectivity index (χ4n) is 1.88. The van der Waals surface area contributed by atoms with E-state index in [1.54, 1.807) is 27.7 Å². The van der Waals surface area contributed by atoms with Gasteiger partial charge in [0.15, 0.2) is 12.4 Å². The number of carboxylic acids is 1. The van der Waals surface area contributed by atoms with Crippen LogP contribution in [0.3, 0.4) is 0 Å². The molecule has 0 spiro atoms. The molecule has 0 aromatic heterocycles. The van der Waals surface area contributed by atoms with Gasteiger partial charge in [-0.15, -0.1) is 0 Å². The minimum Gasteiger partial charge on any atom is -0.479 e. The highest BCUT2D eigenvalue weighted by atomic mass is 16.7. The summed E-state index contributed by atoms with van der Waals surface area (Å²) in [4.78, 5) is 11.2. The third-order valence-corrected chi connectivity index (χ3v) is 2.62. The van der Waals surface area contributed by atoms with Gasteiger partial charge in [0.05, 0.1) is 12.2 Å². The summed E-state index contributed by atoms with van der Waals surface area (Å²) in [5.74, 6) is -1.27. The topological polar surface area (TPSA) is 105 Å². The van der Waals surface area contributed by atoms with Crippen LogP contribution in [0.25, 0.3) is 0 Å². The zero-order valence-electron chi connectivity index (χ0n) is 11.5. The molecule has 19 heavy (non-hydrogen) atoms. The Bertz CT molecular complexity index is 304. The Balaban J connectivity index is 2.87. The van der Waals surface area contributed by atoms with Crippen molar-refractivity contribution in [3.05, 3.63) is 0 Å². The Hall–Kier alpha value is -0.730. The lowest BCUT2D eigenvalue weighted by molar-refractivity contribution is -0.310. The van der Waals surface area contributed by atoms with E-state index in [1.165, 1.54) is 0 Å². The maximum absolute atomic E-state index is 11.2. The van der Waals surface area contributed by atoms with Crippen LogP contribution in [0.1, 0.15) is 27.7 Å². The summed E-state index contributed by atoms with van der Waals surface area (Å²) in [6.45, 7) is 6.84. The van der Waals surface area contributed by atoms with Crippen molar-refractivity contribution < 1.29 is 34.3 Å². The van der Waals surface area contributed by atoms with Gasteiger partial charge in [0.25, 0.3) is 0 Å². The summed E-state index contributed by atoms with van der Waals surface area (Å²) < 4.78 is 15.8. The molecular formula is C12H22O7. The molecule has 0 aromatic rings. The van der Waals surface area contributed by atoms with E-state index in [-0.39, 0.29) is 12.2 Å². The smallest absolute Gasteiger partial charge is 0.335 e. The van der Waals surface area contributed by atoms with Crippen molar-refractivity contribution in [1.82, 2.24) is 0 Å². The third-order valence-electron chi connectivity index (χ3n) is 2.62. The molecule has 7 nitrogen and oxygen atoms in total. The first kappa shape index (κ1) is 16.3.